The molecule has 16 heavy (non-hydrogen) atoms. The largest absolute Gasteiger partial charge is 0.383 e. The SMILES string of the molecule is CN(C)/C=C(/C=[N+](C)C)c1ccc(F)cc1. The lowest BCUT2D eigenvalue weighted by Gasteiger charge is -2.07. The van der Waals surface area contributed by atoms with Gasteiger partial charge in [-0.25, -0.2) is 8.97 Å². The van der Waals surface area contributed by atoms with E-state index in [9.17, 15) is 4.39 Å². The van der Waals surface area contributed by atoms with Crippen LogP contribution < -0.4 is 0 Å². The molecule has 0 aliphatic rings. The third-order valence-corrected chi connectivity index (χ3v) is 1.97. The van der Waals surface area contributed by atoms with E-state index in [0.717, 1.165) is 11.1 Å². The first-order valence-electron chi connectivity index (χ1n) is 5.14. The molecule has 0 atom stereocenters. The summed E-state index contributed by atoms with van der Waals surface area (Å²) in [5.41, 5.74) is 2.05. The second kappa shape index (κ2) is 5.45. The van der Waals surface area contributed by atoms with Gasteiger partial charge in [-0.05, 0) is 17.7 Å². The van der Waals surface area contributed by atoms with Gasteiger partial charge in [-0.1, -0.05) is 12.1 Å². The highest BCUT2D eigenvalue weighted by Gasteiger charge is 2.03. The fourth-order valence-corrected chi connectivity index (χ4v) is 1.38. The molecule has 0 saturated heterocycles. The first-order chi connectivity index (χ1) is 7.49. The summed E-state index contributed by atoms with van der Waals surface area (Å²) in [5, 5.41) is 0. The van der Waals surface area contributed by atoms with E-state index in [1.807, 2.05) is 50.1 Å². The topological polar surface area (TPSA) is 6.25 Å². The number of hydrogen-bond donors (Lipinski definition) is 0. The van der Waals surface area contributed by atoms with Gasteiger partial charge in [0.15, 0.2) is 6.21 Å². The maximum absolute atomic E-state index is 12.8. The van der Waals surface area contributed by atoms with Crippen molar-refractivity contribution >= 4 is 11.8 Å². The lowest BCUT2D eigenvalue weighted by Crippen LogP contribution is -2.07. The van der Waals surface area contributed by atoms with Crippen molar-refractivity contribution < 1.29 is 8.97 Å². The van der Waals surface area contributed by atoms with E-state index in [2.05, 4.69) is 0 Å². The van der Waals surface area contributed by atoms with E-state index in [4.69, 9.17) is 0 Å². The minimum Gasteiger partial charge on any atom is -0.383 e. The summed E-state index contributed by atoms with van der Waals surface area (Å²) in [6, 6.07) is 6.51. The zero-order valence-corrected chi connectivity index (χ0v) is 10.2. The van der Waals surface area contributed by atoms with Gasteiger partial charge in [0, 0.05) is 20.3 Å². The average molecular weight is 221 g/mol. The molecule has 0 radical (unpaired) electrons. The third-order valence-electron chi connectivity index (χ3n) is 1.97. The summed E-state index contributed by atoms with van der Waals surface area (Å²) in [7, 11) is 7.86. The highest BCUT2D eigenvalue weighted by Crippen LogP contribution is 2.13. The molecule has 0 spiro atoms. The van der Waals surface area contributed by atoms with Crippen molar-refractivity contribution in [1.82, 2.24) is 4.90 Å². The van der Waals surface area contributed by atoms with Crippen molar-refractivity contribution in [2.24, 2.45) is 0 Å². The smallest absolute Gasteiger partial charge is 0.172 e. The molecule has 3 heteroatoms. The molecule has 0 saturated carbocycles. The van der Waals surface area contributed by atoms with Gasteiger partial charge >= 0.3 is 0 Å². The molecule has 2 nitrogen and oxygen atoms in total. The van der Waals surface area contributed by atoms with Gasteiger partial charge in [0.1, 0.15) is 19.9 Å². The molecule has 0 heterocycles. The maximum Gasteiger partial charge on any atom is 0.172 e. The molecule has 1 aromatic rings. The molecule has 0 N–H and O–H groups in total. The van der Waals surface area contributed by atoms with Crippen molar-refractivity contribution in [3.63, 3.8) is 0 Å². The van der Waals surface area contributed by atoms with Crippen LogP contribution in [0.3, 0.4) is 0 Å². The fourth-order valence-electron chi connectivity index (χ4n) is 1.38. The number of halogens is 1. The fraction of sp³-hybridized carbons (Fsp3) is 0.308. The minimum absolute atomic E-state index is 0.210. The highest BCUT2D eigenvalue weighted by atomic mass is 19.1. The van der Waals surface area contributed by atoms with Gasteiger partial charge in [-0.15, -0.1) is 0 Å². The summed E-state index contributed by atoms with van der Waals surface area (Å²) < 4.78 is 14.8. The molecule has 0 aliphatic carbocycles. The lowest BCUT2D eigenvalue weighted by atomic mass is 10.1. The monoisotopic (exact) mass is 221 g/mol. The maximum atomic E-state index is 12.8. The molecular weight excluding hydrogens is 203 g/mol. The average Bonchev–Trinajstić information content (AvgIpc) is 2.16. The molecule has 1 rings (SSSR count). The second-order valence-corrected chi connectivity index (χ2v) is 4.15. The van der Waals surface area contributed by atoms with Gasteiger partial charge in [0.05, 0.1) is 5.57 Å². The molecule has 0 fully saturated rings. The second-order valence-electron chi connectivity index (χ2n) is 4.15. The number of rotatable bonds is 3. The van der Waals surface area contributed by atoms with Crippen LogP contribution in [0.25, 0.3) is 5.57 Å². The van der Waals surface area contributed by atoms with E-state index in [-0.39, 0.29) is 5.82 Å². The predicted octanol–water partition coefficient (Wildman–Crippen LogP) is 2.07. The zero-order chi connectivity index (χ0) is 12.1. The molecule has 0 unspecified atom stereocenters. The van der Waals surface area contributed by atoms with Crippen LogP contribution in [0, 0.1) is 5.82 Å². The molecule has 0 amide bonds. The summed E-state index contributed by atoms with van der Waals surface area (Å²) in [6.45, 7) is 0. The summed E-state index contributed by atoms with van der Waals surface area (Å²) in [6.07, 6.45) is 4.01. The normalized spacial score (nSPS) is 11.2. The molecule has 1 aromatic carbocycles. The van der Waals surface area contributed by atoms with Crippen molar-refractivity contribution in [2.45, 2.75) is 0 Å². The Hall–Kier alpha value is -1.64. The van der Waals surface area contributed by atoms with E-state index in [1.165, 1.54) is 12.1 Å². The Balaban J connectivity index is 3.11. The van der Waals surface area contributed by atoms with Crippen LogP contribution in [-0.4, -0.2) is 43.9 Å². The van der Waals surface area contributed by atoms with Crippen LogP contribution in [0.2, 0.25) is 0 Å². The number of hydrogen-bond acceptors (Lipinski definition) is 1. The predicted molar refractivity (Wildman–Crippen MR) is 66.2 cm³/mol. The van der Waals surface area contributed by atoms with Gasteiger partial charge < -0.3 is 4.90 Å². The first kappa shape index (κ1) is 12.4. The van der Waals surface area contributed by atoms with Crippen molar-refractivity contribution in [3.8, 4) is 0 Å². The van der Waals surface area contributed by atoms with Crippen LogP contribution in [-0.2, 0) is 0 Å². The van der Waals surface area contributed by atoms with E-state index < -0.39 is 0 Å². The van der Waals surface area contributed by atoms with Gasteiger partial charge in [-0.2, -0.15) is 0 Å². The summed E-state index contributed by atoms with van der Waals surface area (Å²) >= 11 is 0. The highest BCUT2D eigenvalue weighted by molar-refractivity contribution is 6.07. The van der Waals surface area contributed by atoms with Crippen molar-refractivity contribution in [2.75, 3.05) is 28.2 Å². The standard InChI is InChI=1S/C13H18FN2/c1-15(2)9-12(10-16(3)4)11-5-7-13(14)8-6-11/h5-10H,1-4H3/q+1. The van der Waals surface area contributed by atoms with Gasteiger partial charge in [0.25, 0.3) is 0 Å². The van der Waals surface area contributed by atoms with Gasteiger partial charge in [-0.3, -0.25) is 0 Å². The number of benzene rings is 1. The Morgan fingerprint density at radius 2 is 1.75 bits per heavy atom. The third kappa shape index (κ3) is 3.85. The molecule has 86 valence electrons. The van der Waals surface area contributed by atoms with Crippen LogP contribution >= 0.6 is 0 Å². The van der Waals surface area contributed by atoms with Crippen LogP contribution in [0.15, 0.2) is 30.5 Å². The Kier molecular flexibility index (Phi) is 4.23. The minimum atomic E-state index is -0.210. The number of allylic oxidation sites excluding steroid dienone is 1. The zero-order valence-electron chi connectivity index (χ0n) is 10.2. The van der Waals surface area contributed by atoms with Crippen LogP contribution in [0.5, 0.6) is 0 Å². The Labute approximate surface area is 96.3 Å². The molecule has 0 aliphatic heterocycles. The Bertz CT molecular complexity index is 398. The first-order valence-corrected chi connectivity index (χ1v) is 5.14. The quantitative estimate of drug-likeness (QED) is 0.559. The Morgan fingerprint density at radius 1 is 1.19 bits per heavy atom. The Morgan fingerprint density at radius 3 is 2.19 bits per heavy atom. The van der Waals surface area contributed by atoms with E-state index in [0.29, 0.717) is 0 Å². The summed E-state index contributed by atoms with van der Waals surface area (Å²) in [4.78, 5) is 1.97. The number of nitrogens with zero attached hydrogens (tertiary/aromatic N) is 2. The van der Waals surface area contributed by atoms with Crippen molar-refractivity contribution in [1.29, 1.82) is 0 Å². The van der Waals surface area contributed by atoms with Crippen molar-refractivity contribution in [3.05, 3.63) is 41.8 Å². The molecule has 0 bridgehead atoms. The molecule has 0 aromatic heterocycles. The van der Waals surface area contributed by atoms with Gasteiger partial charge in [0.2, 0.25) is 0 Å². The summed E-state index contributed by atoms with van der Waals surface area (Å²) in [5.74, 6) is -0.210. The van der Waals surface area contributed by atoms with Crippen LogP contribution in [0.4, 0.5) is 4.39 Å². The van der Waals surface area contributed by atoms with E-state index in [1.54, 1.807) is 12.1 Å². The van der Waals surface area contributed by atoms with Crippen LogP contribution in [0.1, 0.15) is 5.56 Å². The lowest BCUT2D eigenvalue weighted by molar-refractivity contribution is -0.458. The molecular formula is C13H18FN2+. The van der Waals surface area contributed by atoms with E-state index >= 15 is 0 Å².